The SMILES string of the molecule is O=C1N[C@@]2(CC3CCC2CC3C(=O)N2CCN(C3CCCC3)C(=O)C2)Nc2ccccc21. The minimum atomic E-state index is -0.456. The second kappa shape index (κ2) is 7.49. The van der Waals surface area contributed by atoms with Crippen molar-refractivity contribution in [3.05, 3.63) is 29.8 Å². The van der Waals surface area contributed by atoms with Crippen molar-refractivity contribution in [3.63, 3.8) is 0 Å². The van der Waals surface area contributed by atoms with Crippen LogP contribution in [0.4, 0.5) is 5.69 Å². The third-order valence-corrected chi connectivity index (χ3v) is 8.79. The van der Waals surface area contributed by atoms with Gasteiger partial charge in [0, 0.05) is 36.7 Å². The molecule has 2 heterocycles. The quantitative estimate of drug-likeness (QED) is 0.747. The zero-order valence-electron chi connectivity index (χ0n) is 18.5. The van der Waals surface area contributed by atoms with Crippen molar-refractivity contribution in [2.45, 2.75) is 63.1 Å². The maximum absolute atomic E-state index is 13.5. The Labute approximate surface area is 188 Å². The number of nitrogens with one attached hydrogen (secondary N) is 2. The molecule has 4 atom stereocenters. The molecule has 6 aliphatic rings. The molecule has 170 valence electrons. The molecule has 1 saturated heterocycles. The molecule has 2 aliphatic heterocycles. The van der Waals surface area contributed by atoms with Crippen molar-refractivity contribution in [2.24, 2.45) is 17.8 Å². The van der Waals surface area contributed by atoms with Crippen LogP contribution in [0.25, 0.3) is 0 Å². The summed E-state index contributed by atoms with van der Waals surface area (Å²) < 4.78 is 0. The van der Waals surface area contributed by atoms with Crippen LogP contribution >= 0.6 is 0 Å². The highest BCUT2D eigenvalue weighted by Gasteiger charge is 2.56. The van der Waals surface area contributed by atoms with Crippen LogP contribution in [0.1, 0.15) is 61.7 Å². The van der Waals surface area contributed by atoms with E-state index in [4.69, 9.17) is 0 Å². The highest BCUT2D eigenvalue weighted by atomic mass is 16.2. The van der Waals surface area contributed by atoms with Gasteiger partial charge in [-0.15, -0.1) is 0 Å². The van der Waals surface area contributed by atoms with Gasteiger partial charge in [0.05, 0.1) is 12.1 Å². The van der Waals surface area contributed by atoms with E-state index in [0.29, 0.717) is 24.7 Å². The molecular weight excluding hydrogens is 404 g/mol. The van der Waals surface area contributed by atoms with Crippen LogP contribution in [-0.4, -0.2) is 58.9 Å². The van der Waals surface area contributed by atoms with E-state index < -0.39 is 5.66 Å². The molecule has 1 spiro atoms. The first-order chi connectivity index (χ1) is 15.5. The van der Waals surface area contributed by atoms with Gasteiger partial charge in [0.15, 0.2) is 0 Å². The van der Waals surface area contributed by atoms with Gasteiger partial charge in [-0.05, 0) is 56.6 Å². The summed E-state index contributed by atoms with van der Waals surface area (Å²) in [6.45, 7) is 1.56. The van der Waals surface area contributed by atoms with Crippen LogP contribution in [0.5, 0.6) is 0 Å². The maximum Gasteiger partial charge on any atom is 0.255 e. The van der Waals surface area contributed by atoms with Gasteiger partial charge < -0.3 is 20.4 Å². The number of rotatable bonds is 2. The van der Waals surface area contributed by atoms with Gasteiger partial charge in [-0.2, -0.15) is 0 Å². The highest BCUT2D eigenvalue weighted by Crippen LogP contribution is 2.52. The van der Waals surface area contributed by atoms with Crippen LogP contribution in [0.3, 0.4) is 0 Å². The molecular formula is C25H32N4O3. The van der Waals surface area contributed by atoms with Crippen LogP contribution in [-0.2, 0) is 9.59 Å². The zero-order chi connectivity index (χ0) is 21.9. The van der Waals surface area contributed by atoms with Crippen molar-refractivity contribution < 1.29 is 14.4 Å². The molecule has 7 heteroatoms. The molecule has 0 radical (unpaired) electrons. The monoisotopic (exact) mass is 436 g/mol. The fourth-order valence-electron chi connectivity index (χ4n) is 7.16. The van der Waals surface area contributed by atoms with E-state index in [2.05, 4.69) is 10.6 Å². The van der Waals surface area contributed by atoms with E-state index in [1.54, 1.807) is 0 Å². The van der Waals surface area contributed by atoms with Crippen LogP contribution in [0.15, 0.2) is 24.3 Å². The zero-order valence-corrected chi connectivity index (χ0v) is 18.5. The molecule has 3 unspecified atom stereocenters. The number of carbonyl (C=O) groups excluding carboxylic acids is 3. The maximum atomic E-state index is 13.5. The van der Waals surface area contributed by atoms with Crippen LogP contribution in [0.2, 0.25) is 0 Å². The molecule has 2 N–H and O–H groups in total. The molecule has 7 rings (SSSR count). The predicted molar refractivity (Wildman–Crippen MR) is 120 cm³/mol. The number of fused-ring (bicyclic) bond motifs is 3. The number of benzene rings is 1. The van der Waals surface area contributed by atoms with Gasteiger partial charge in [-0.1, -0.05) is 25.0 Å². The summed E-state index contributed by atoms with van der Waals surface area (Å²) in [5.41, 5.74) is 1.12. The van der Waals surface area contributed by atoms with Crippen molar-refractivity contribution in [1.29, 1.82) is 0 Å². The molecule has 4 saturated carbocycles. The highest BCUT2D eigenvalue weighted by molar-refractivity contribution is 6.02. The first-order valence-electron chi connectivity index (χ1n) is 12.3. The Morgan fingerprint density at radius 3 is 2.56 bits per heavy atom. The molecule has 1 aromatic carbocycles. The Bertz CT molecular complexity index is 958. The smallest absolute Gasteiger partial charge is 0.255 e. The molecule has 3 amide bonds. The second-order valence-electron chi connectivity index (χ2n) is 10.5. The van der Waals surface area contributed by atoms with Crippen molar-refractivity contribution in [3.8, 4) is 0 Å². The van der Waals surface area contributed by atoms with E-state index in [1.165, 1.54) is 12.8 Å². The minimum Gasteiger partial charge on any atom is -0.362 e. The third kappa shape index (κ3) is 3.11. The van der Waals surface area contributed by atoms with Gasteiger partial charge in [0.1, 0.15) is 5.66 Å². The average Bonchev–Trinajstić information content (AvgIpc) is 3.33. The Hall–Kier alpha value is -2.57. The summed E-state index contributed by atoms with van der Waals surface area (Å²) in [6.07, 6.45) is 8.19. The lowest BCUT2D eigenvalue weighted by atomic mass is 9.58. The van der Waals surface area contributed by atoms with Crippen molar-refractivity contribution >= 4 is 23.4 Å². The Morgan fingerprint density at radius 1 is 1.00 bits per heavy atom. The van der Waals surface area contributed by atoms with Gasteiger partial charge in [-0.25, -0.2) is 0 Å². The molecule has 4 aliphatic carbocycles. The van der Waals surface area contributed by atoms with Crippen molar-refractivity contribution in [1.82, 2.24) is 15.1 Å². The number of hydrogen-bond acceptors (Lipinski definition) is 4. The lowest BCUT2D eigenvalue weighted by Gasteiger charge is -2.57. The number of amides is 3. The molecule has 7 nitrogen and oxygen atoms in total. The van der Waals surface area contributed by atoms with Crippen LogP contribution in [0, 0.1) is 17.8 Å². The number of carbonyl (C=O) groups is 3. The minimum absolute atomic E-state index is 0.0246. The van der Waals surface area contributed by atoms with Gasteiger partial charge in [0.25, 0.3) is 5.91 Å². The van der Waals surface area contributed by atoms with Gasteiger partial charge >= 0.3 is 0 Å². The van der Waals surface area contributed by atoms with Gasteiger partial charge in [0.2, 0.25) is 11.8 Å². The number of anilines is 1. The molecule has 0 aromatic heterocycles. The summed E-state index contributed by atoms with van der Waals surface area (Å²) in [7, 11) is 0. The lowest BCUT2D eigenvalue weighted by molar-refractivity contribution is -0.153. The Balaban J connectivity index is 1.15. The Kier molecular flexibility index (Phi) is 4.70. The molecule has 2 bridgehead atoms. The lowest BCUT2D eigenvalue weighted by Crippen LogP contribution is -2.68. The van der Waals surface area contributed by atoms with E-state index in [0.717, 1.165) is 44.2 Å². The molecule has 1 aromatic rings. The van der Waals surface area contributed by atoms with Crippen molar-refractivity contribution in [2.75, 3.05) is 25.0 Å². The van der Waals surface area contributed by atoms with Crippen LogP contribution < -0.4 is 10.6 Å². The fraction of sp³-hybridized carbons (Fsp3) is 0.640. The fourth-order valence-corrected chi connectivity index (χ4v) is 7.16. The first-order valence-corrected chi connectivity index (χ1v) is 12.3. The summed E-state index contributed by atoms with van der Waals surface area (Å²) in [6, 6.07) is 8.03. The predicted octanol–water partition coefficient (Wildman–Crippen LogP) is 2.59. The largest absolute Gasteiger partial charge is 0.362 e. The molecule has 5 fully saturated rings. The standard InChI is InChI=1S/C25H32N4O3/c30-22-15-28(11-12-29(22)18-5-1-2-6-18)24(32)20-13-17-10-9-16(20)14-25(17)26-21-8-4-3-7-19(21)23(31)27-25/h3-4,7-8,16-18,20,26H,1-2,5-6,9-15H2,(H,27,31)/t16?,17?,20?,25-/m1/s1. The van der Waals surface area contributed by atoms with Gasteiger partial charge in [-0.3, -0.25) is 14.4 Å². The Morgan fingerprint density at radius 2 is 1.81 bits per heavy atom. The number of piperazine rings is 1. The number of para-hydroxylation sites is 1. The second-order valence-corrected chi connectivity index (χ2v) is 10.5. The first kappa shape index (κ1) is 20.1. The summed E-state index contributed by atoms with van der Waals surface area (Å²) in [5, 5.41) is 6.91. The normalized spacial score (nSPS) is 34.4. The number of nitrogens with zero attached hydrogens (tertiary/aromatic N) is 2. The summed E-state index contributed by atoms with van der Waals surface area (Å²) in [5.74, 6) is 0.649. The van der Waals surface area contributed by atoms with E-state index in [1.807, 2.05) is 34.1 Å². The summed E-state index contributed by atoms with van der Waals surface area (Å²) in [4.78, 5) is 43.0. The number of hydrogen-bond donors (Lipinski definition) is 2. The molecule has 32 heavy (non-hydrogen) atoms. The summed E-state index contributed by atoms with van der Waals surface area (Å²) >= 11 is 0. The van der Waals surface area contributed by atoms with E-state index in [-0.39, 0.29) is 42.0 Å². The van der Waals surface area contributed by atoms with E-state index >= 15 is 0 Å². The average molecular weight is 437 g/mol. The van der Waals surface area contributed by atoms with E-state index in [9.17, 15) is 14.4 Å². The topological polar surface area (TPSA) is 81.8 Å². The third-order valence-electron chi connectivity index (χ3n) is 8.79.